The summed E-state index contributed by atoms with van der Waals surface area (Å²) in [4.78, 5) is 26.1. The number of morpholine rings is 1. The van der Waals surface area contributed by atoms with Gasteiger partial charge in [-0.05, 0) is 48.5 Å². The molecule has 2 aromatic carbocycles. The minimum absolute atomic E-state index is 0.333. The molecule has 6 nitrogen and oxygen atoms in total. The molecule has 2 aromatic rings. The Morgan fingerprint density at radius 2 is 1.69 bits per heavy atom. The molecule has 1 N–H and O–H groups in total. The Kier molecular flexibility index (Phi) is 6.25. The predicted octanol–water partition coefficient (Wildman–Crippen LogP) is 3.08. The van der Waals surface area contributed by atoms with Gasteiger partial charge in [-0.15, -0.1) is 0 Å². The number of rotatable bonds is 5. The largest absolute Gasteiger partial charge is 0.452 e. The zero-order valence-corrected chi connectivity index (χ0v) is 15.7. The Balaban J connectivity index is 1.48. The molecule has 26 heavy (non-hydrogen) atoms. The molecule has 0 spiro atoms. The van der Waals surface area contributed by atoms with E-state index in [1.807, 2.05) is 24.3 Å². The Hall–Kier alpha value is -2.38. The Morgan fingerprint density at radius 1 is 1.04 bits per heavy atom. The van der Waals surface area contributed by atoms with Crippen molar-refractivity contribution in [3.05, 3.63) is 58.6 Å². The highest BCUT2D eigenvalue weighted by Gasteiger charge is 2.12. The van der Waals surface area contributed by atoms with E-state index in [2.05, 4.69) is 26.1 Å². The smallest absolute Gasteiger partial charge is 0.338 e. The molecule has 0 aliphatic carbocycles. The Morgan fingerprint density at radius 3 is 2.35 bits per heavy atom. The van der Waals surface area contributed by atoms with Gasteiger partial charge in [-0.1, -0.05) is 15.9 Å². The minimum atomic E-state index is -0.532. The van der Waals surface area contributed by atoms with Gasteiger partial charge in [-0.25, -0.2) is 4.79 Å². The molecular weight excluding hydrogens is 400 g/mol. The number of anilines is 2. The van der Waals surface area contributed by atoms with Crippen LogP contribution < -0.4 is 10.2 Å². The second-order valence-corrected chi connectivity index (χ2v) is 6.69. The van der Waals surface area contributed by atoms with E-state index in [9.17, 15) is 9.59 Å². The molecule has 1 saturated heterocycles. The number of carbonyl (C=O) groups is 2. The van der Waals surface area contributed by atoms with E-state index < -0.39 is 5.97 Å². The summed E-state index contributed by atoms with van der Waals surface area (Å²) in [6.45, 7) is 2.83. The molecule has 0 aromatic heterocycles. The van der Waals surface area contributed by atoms with Crippen LogP contribution in [0.25, 0.3) is 0 Å². The maximum Gasteiger partial charge on any atom is 0.338 e. The normalized spacial score (nSPS) is 14.0. The van der Waals surface area contributed by atoms with Crippen LogP contribution in [0.1, 0.15) is 10.4 Å². The van der Waals surface area contributed by atoms with Crippen LogP contribution in [0.5, 0.6) is 0 Å². The third-order valence-corrected chi connectivity index (χ3v) is 4.47. The van der Waals surface area contributed by atoms with Crippen molar-refractivity contribution < 1.29 is 19.1 Å². The van der Waals surface area contributed by atoms with Crippen molar-refractivity contribution in [2.24, 2.45) is 0 Å². The van der Waals surface area contributed by atoms with E-state index in [1.165, 1.54) is 0 Å². The standard InChI is InChI=1S/C19H19BrN2O4/c20-15-3-1-14(2-4-15)19(24)26-13-18(23)21-16-5-7-17(8-6-16)22-9-11-25-12-10-22/h1-8H,9-13H2,(H,21,23). The van der Waals surface area contributed by atoms with Crippen molar-refractivity contribution in [3.8, 4) is 0 Å². The molecule has 136 valence electrons. The van der Waals surface area contributed by atoms with E-state index in [1.54, 1.807) is 24.3 Å². The topological polar surface area (TPSA) is 67.9 Å². The summed E-state index contributed by atoms with van der Waals surface area (Å²) < 4.78 is 11.2. The first kappa shape index (κ1) is 18.4. The summed E-state index contributed by atoms with van der Waals surface area (Å²) in [6, 6.07) is 14.3. The first-order chi connectivity index (χ1) is 12.6. The van der Waals surface area contributed by atoms with Crippen molar-refractivity contribution >= 4 is 39.2 Å². The molecule has 0 bridgehead atoms. The van der Waals surface area contributed by atoms with Gasteiger partial charge < -0.3 is 19.7 Å². The van der Waals surface area contributed by atoms with Gasteiger partial charge in [-0.3, -0.25) is 4.79 Å². The third kappa shape index (κ3) is 5.06. The van der Waals surface area contributed by atoms with Crippen molar-refractivity contribution in [2.75, 3.05) is 43.1 Å². The van der Waals surface area contributed by atoms with Crippen LogP contribution in [0, 0.1) is 0 Å². The lowest BCUT2D eigenvalue weighted by Gasteiger charge is -2.28. The second-order valence-electron chi connectivity index (χ2n) is 5.78. The van der Waals surface area contributed by atoms with Gasteiger partial charge in [0.25, 0.3) is 5.91 Å². The van der Waals surface area contributed by atoms with Gasteiger partial charge in [0.05, 0.1) is 18.8 Å². The number of esters is 1. The highest BCUT2D eigenvalue weighted by molar-refractivity contribution is 9.10. The van der Waals surface area contributed by atoms with Gasteiger partial charge in [0.1, 0.15) is 0 Å². The molecular formula is C19H19BrN2O4. The summed E-state index contributed by atoms with van der Waals surface area (Å²) in [7, 11) is 0. The molecule has 7 heteroatoms. The van der Waals surface area contributed by atoms with Crippen LogP contribution in [-0.4, -0.2) is 44.8 Å². The average Bonchev–Trinajstić information content (AvgIpc) is 2.68. The SMILES string of the molecule is O=C(COC(=O)c1ccc(Br)cc1)Nc1ccc(N2CCOCC2)cc1. The van der Waals surface area contributed by atoms with E-state index in [0.29, 0.717) is 11.3 Å². The molecule has 0 saturated carbocycles. The highest BCUT2D eigenvalue weighted by Crippen LogP contribution is 2.19. The average molecular weight is 419 g/mol. The van der Waals surface area contributed by atoms with E-state index >= 15 is 0 Å². The number of carbonyl (C=O) groups excluding carboxylic acids is 2. The van der Waals surface area contributed by atoms with Crippen LogP contribution >= 0.6 is 15.9 Å². The quantitative estimate of drug-likeness (QED) is 0.755. The molecule has 1 amide bonds. The fourth-order valence-corrected chi connectivity index (χ4v) is 2.84. The molecule has 1 aliphatic rings. The molecule has 1 fully saturated rings. The number of nitrogens with one attached hydrogen (secondary N) is 1. The molecule has 1 heterocycles. The number of hydrogen-bond donors (Lipinski definition) is 1. The first-order valence-corrected chi connectivity index (χ1v) is 9.06. The van der Waals surface area contributed by atoms with Gasteiger partial charge in [-0.2, -0.15) is 0 Å². The number of halogens is 1. The molecule has 0 unspecified atom stereocenters. The van der Waals surface area contributed by atoms with E-state index in [4.69, 9.17) is 9.47 Å². The predicted molar refractivity (Wildman–Crippen MR) is 103 cm³/mol. The van der Waals surface area contributed by atoms with E-state index in [0.717, 1.165) is 36.5 Å². The van der Waals surface area contributed by atoms with Crippen LogP contribution in [-0.2, 0) is 14.3 Å². The Labute approximate surface area is 160 Å². The number of benzene rings is 2. The van der Waals surface area contributed by atoms with Crippen LogP contribution in [0.15, 0.2) is 53.0 Å². The zero-order valence-electron chi connectivity index (χ0n) is 14.1. The van der Waals surface area contributed by atoms with Crippen LogP contribution in [0.2, 0.25) is 0 Å². The lowest BCUT2D eigenvalue weighted by molar-refractivity contribution is -0.119. The fourth-order valence-electron chi connectivity index (χ4n) is 2.57. The van der Waals surface area contributed by atoms with Gasteiger partial charge in [0.2, 0.25) is 0 Å². The minimum Gasteiger partial charge on any atom is -0.452 e. The summed E-state index contributed by atoms with van der Waals surface area (Å²) in [5, 5.41) is 2.72. The Bertz CT molecular complexity index is 756. The second kappa shape index (κ2) is 8.82. The van der Waals surface area contributed by atoms with Gasteiger partial charge in [0.15, 0.2) is 6.61 Å². The number of nitrogens with zero attached hydrogens (tertiary/aromatic N) is 1. The zero-order chi connectivity index (χ0) is 18.4. The number of ether oxygens (including phenoxy) is 2. The molecule has 1 aliphatic heterocycles. The van der Waals surface area contributed by atoms with Crippen molar-refractivity contribution in [2.45, 2.75) is 0 Å². The van der Waals surface area contributed by atoms with Crippen LogP contribution in [0.3, 0.4) is 0 Å². The molecule has 0 radical (unpaired) electrons. The molecule has 3 rings (SSSR count). The molecule has 0 atom stereocenters. The summed E-state index contributed by atoms with van der Waals surface area (Å²) in [5.41, 5.74) is 2.15. The number of amides is 1. The number of hydrogen-bond acceptors (Lipinski definition) is 5. The van der Waals surface area contributed by atoms with Crippen molar-refractivity contribution in [3.63, 3.8) is 0 Å². The highest BCUT2D eigenvalue weighted by atomic mass is 79.9. The van der Waals surface area contributed by atoms with Crippen molar-refractivity contribution in [1.82, 2.24) is 0 Å². The monoisotopic (exact) mass is 418 g/mol. The fraction of sp³-hybridized carbons (Fsp3) is 0.263. The van der Waals surface area contributed by atoms with Gasteiger partial charge in [0, 0.05) is 28.9 Å². The lowest BCUT2D eigenvalue weighted by Crippen LogP contribution is -2.36. The van der Waals surface area contributed by atoms with Crippen LogP contribution in [0.4, 0.5) is 11.4 Å². The summed E-state index contributed by atoms with van der Waals surface area (Å²) in [5.74, 6) is -0.912. The maximum atomic E-state index is 12.0. The van der Waals surface area contributed by atoms with Gasteiger partial charge >= 0.3 is 5.97 Å². The lowest BCUT2D eigenvalue weighted by atomic mass is 10.2. The van der Waals surface area contributed by atoms with Crippen molar-refractivity contribution in [1.29, 1.82) is 0 Å². The van der Waals surface area contributed by atoms with E-state index in [-0.39, 0.29) is 12.5 Å². The third-order valence-electron chi connectivity index (χ3n) is 3.94. The first-order valence-electron chi connectivity index (χ1n) is 8.27. The summed E-state index contributed by atoms with van der Waals surface area (Å²) >= 11 is 3.30. The summed E-state index contributed by atoms with van der Waals surface area (Å²) in [6.07, 6.45) is 0. The maximum absolute atomic E-state index is 12.0.